The number of carboxylic acids is 1. The predicted octanol–water partition coefficient (Wildman–Crippen LogP) is 1.88. The molecule has 0 unspecified atom stereocenters. The smallest absolute Gasteiger partial charge is 0.356 e. The number of esters is 1. The Morgan fingerprint density at radius 3 is 1.91 bits per heavy atom. The summed E-state index contributed by atoms with van der Waals surface area (Å²) < 4.78 is 4.50. The first-order chi connectivity index (χ1) is 11.0. The maximum absolute atomic E-state index is 11.0. The summed E-state index contributed by atoms with van der Waals surface area (Å²) in [5.74, 6) is -1.46. The van der Waals surface area contributed by atoms with Crippen molar-refractivity contribution in [3.05, 3.63) is 35.9 Å². The minimum absolute atomic E-state index is 0.0318. The van der Waals surface area contributed by atoms with E-state index in [4.69, 9.17) is 5.11 Å². The lowest BCUT2D eigenvalue weighted by atomic mass is 10.4. The Morgan fingerprint density at radius 1 is 1.00 bits per heavy atom. The van der Waals surface area contributed by atoms with Crippen molar-refractivity contribution in [3.63, 3.8) is 0 Å². The van der Waals surface area contributed by atoms with Crippen molar-refractivity contribution in [1.29, 1.82) is 0 Å². The molecule has 0 radical (unpaired) electrons. The summed E-state index contributed by atoms with van der Waals surface area (Å²) in [5.41, 5.74) is 0.321. The molecule has 0 bridgehead atoms. The quantitative estimate of drug-likeness (QED) is 0.495. The predicted molar refractivity (Wildman–Crippen MR) is 85.9 cm³/mol. The Bertz CT molecular complexity index is 685. The van der Waals surface area contributed by atoms with Gasteiger partial charge >= 0.3 is 11.9 Å². The van der Waals surface area contributed by atoms with Gasteiger partial charge in [-0.15, -0.1) is 0 Å². The lowest BCUT2D eigenvalue weighted by Crippen LogP contribution is -2.04. The number of hydrogen-bond donors (Lipinski definition) is 1. The minimum Gasteiger partial charge on any atom is -0.477 e. The van der Waals surface area contributed by atoms with Gasteiger partial charge in [-0.2, -0.15) is 0 Å². The van der Waals surface area contributed by atoms with E-state index in [0.29, 0.717) is 10.3 Å². The fraction of sp³-hybridized carbons (Fsp3) is 0.231. The highest BCUT2D eigenvalue weighted by Crippen LogP contribution is 2.08. The van der Waals surface area contributed by atoms with Crippen LogP contribution in [0.5, 0.6) is 0 Å². The van der Waals surface area contributed by atoms with Crippen LogP contribution in [0.15, 0.2) is 34.8 Å². The molecule has 0 saturated carbocycles. The SMILES string of the molecule is COC(=O)c1ccnc(SC)n1.CSc1nccc(C(=O)O)n1. The van der Waals surface area contributed by atoms with Gasteiger partial charge in [0.25, 0.3) is 0 Å². The molecule has 0 amide bonds. The third-order valence-electron chi connectivity index (χ3n) is 2.25. The average Bonchev–Trinajstić information content (AvgIpc) is 2.61. The van der Waals surface area contributed by atoms with Crippen molar-refractivity contribution in [2.24, 2.45) is 0 Å². The van der Waals surface area contributed by atoms with Gasteiger partial charge in [-0.3, -0.25) is 0 Å². The normalized spacial score (nSPS) is 9.52. The van der Waals surface area contributed by atoms with Crippen LogP contribution in [0.1, 0.15) is 21.0 Å². The third-order valence-corrected chi connectivity index (χ3v) is 3.37. The molecular weight excluding hydrogens is 340 g/mol. The highest BCUT2D eigenvalue weighted by atomic mass is 32.2. The first kappa shape index (κ1) is 18.8. The van der Waals surface area contributed by atoms with Crippen LogP contribution in [0.25, 0.3) is 0 Å². The molecule has 0 aliphatic heterocycles. The van der Waals surface area contributed by atoms with Gasteiger partial charge in [-0.05, 0) is 24.6 Å². The van der Waals surface area contributed by atoms with Crippen LogP contribution in [0, 0.1) is 0 Å². The van der Waals surface area contributed by atoms with E-state index in [2.05, 4.69) is 24.7 Å². The van der Waals surface area contributed by atoms with Crippen molar-refractivity contribution in [2.75, 3.05) is 19.6 Å². The van der Waals surface area contributed by atoms with Gasteiger partial charge in [0.1, 0.15) is 0 Å². The van der Waals surface area contributed by atoms with Crippen LogP contribution in [0.2, 0.25) is 0 Å². The molecule has 122 valence electrons. The van der Waals surface area contributed by atoms with E-state index in [1.165, 1.54) is 55.2 Å². The van der Waals surface area contributed by atoms with E-state index in [1.807, 2.05) is 6.26 Å². The number of aromatic carboxylic acids is 1. The number of carboxylic acid groups (broad SMARTS) is 1. The monoisotopic (exact) mass is 354 g/mol. The van der Waals surface area contributed by atoms with Crippen molar-refractivity contribution >= 4 is 35.5 Å². The van der Waals surface area contributed by atoms with Gasteiger partial charge < -0.3 is 9.84 Å². The average molecular weight is 354 g/mol. The van der Waals surface area contributed by atoms with Crippen LogP contribution < -0.4 is 0 Å². The van der Waals surface area contributed by atoms with E-state index >= 15 is 0 Å². The van der Waals surface area contributed by atoms with Gasteiger partial charge in [-0.1, -0.05) is 23.5 Å². The van der Waals surface area contributed by atoms with E-state index in [-0.39, 0.29) is 11.4 Å². The van der Waals surface area contributed by atoms with Crippen molar-refractivity contribution in [1.82, 2.24) is 19.9 Å². The Kier molecular flexibility index (Phi) is 7.98. The number of carbonyl (C=O) groups is 2. The molecule has 2 aromatic rings. The summed E-state index contributed by atoms with van der Waals surface area (Å²) in [6.07, 6.45) is 6.60. The molecule has 0 fully saturated rings. The molecule has 1 N–H and O–H groups in total. The fourth-order valence-electron chi connectivity index (χ4n) is 1.22. The number of rotatable bonds is 4. The van der Waals surface area contributed by atoms with E-state index in [0.717, 1.165) is 0 Å². The number of thioether (sulfide) groups is 2. The number of aromatic nitrogens is 4. The molecule has 0 aliphatic carbocycles. The fourth-order valence-corrected chi connectivity index (χ4v) is 1.93. The topological polar surface area (TPSA) is 115 Å². The number of ether oxygens (including phenoxy) is 1. The van der Waals surface area contributed by atoms with Gasteiger partial charge in [-0.25, -0.2) is 29.5 Å². The first-order valence-corrected chi connectivity index (χ1v) is 8.52. The summed E-state index contributed by atoms with van der Waals surface area (Å²) in [6, 6.07) is 2.88. The molecule has 0 spiro atoms. The molecule has 0 saturated heterocycles. The van der Waals surface area contributed by atoms with E-state index in [1.54, 1.807) is 6.26 Å². The Hall–Kier alpha value is -2.20. The lowest BCUT2D eigenvalue weighted by molar-refractivity contribution is 0.0592. The Labute approximate surface area is 141 Å². The molecule has 2 aromatic heterocycles. The summed E-state index contributed by atoms with van der Waals surface area (Å²) >= 11 is 2.70. The summed E-state index contributed by atoms with van der Waals surface area (Å²) in [6.45, 7) is 0. The van der Waals surface area contributed by atoms with Gasteiger partial charge in [0.15, 0.2) is 21.7 Å². The standard InChI is InChI=1S/C7H8N2O2S.C6H6N2O2S/c1-11-6(10)5-3-4-8-7(9-5)12-2;1-11-6-7-3-2-4(8-6)5(9)10/h3-4H,1-2H3;2-3H,1H3,(H,9,10). The Morgan fingerprint density at radius 2 is 1.48 bits per heavy atom. The van der Waals surface area contributed by atoms with Crippen LogP contribution in [-0.4, -0.2) is 56.6 Å². The van der Waals surface area contributed by atoms with Crippen LogP contribution in [0.4, 0.5) is 0 Å². The van der Waals surface area contributed by atoms with Gasteiger partial charge in [0, 0.05) is 12.4 Å². The first-order valence-electron chi connectivity index (χ1n) is 6.07. The highest BCUT2D eigenvalue weighted by molar-refractivity contribution is 7.98. The molecule has 2 rings (SSSR count). The number of hydrogen-bond acceptors (Lipinski definition) is 9. The number of nitrogens with zero attached hydrogens (tertiary/aromatic N) is 4. The van der Waals surface area contributed by atoms with Gasteiger partial charge in [0.2, 0.25) is 0 Å². The molecule has 0 atom stereocenters. The van der Waals surface area contributed by atoms with Crippen molar-refractivity contribution in [3.8, 4) is 0 Å². The summed E-state index contributed by atoms with van der Waals surface area (Å²) in [5, 5.41) is 9.55. The molecular formula is C13H14N4O4S2. The zero-order valence-electron chi connectivity index (χ0n) is 12.6. The maximum Gasteiger partial charge on any atom is 0.356 e. The molecule has 0 aliphatic rings. The zero-order chi connectivity index (χ0) is 17.2. The van der Waals surface area contributed by atoms with E-state index in [9.17, 15) is 9.59 Å². The van der Waals surface area contributed by atoms with Crippen LogP contribution in [0.3, 0.4) is 0 Å². The molecule has 23 heavy (non-hydrogen) atoms. The second kappa shape index (κ2) is 9.74. The van der Waals surface area contributed by atoms with Crippen LogP contribution >= 0.6 is 23.5 Å². The Balaban J connectivity index is 0.000000231. The molecule has 10 heteroatoms. The van der Waals surface area contributed by atoms with Gasteiger partial charge in [0.05, 0.1) is 7.11 Å². The second-order valence-corrected chi connectivity index (χ2v) is 5.20. The third kappa shape index (κ3) is 6.20. The van der Waals surface area contributed by atoms with E-state index < -0.39 is 11.9 Å². The molecule has 0 aromatic carbocycles. The zero-order valence-corrected chi connectivity index (χ0v) is 14.2. The summed E-state index contributed by atoms with van der Waals surface area (Å²) in [7, 11) is 1.32. The molecule has 2 heterocycles. The number of carbonyl (C=O) groups excluding carboxylic acids is 1. The second-order valence-electron chi connectivity index (χ2n) is 3.65. The van der Waals surface area contributed by atoms with Crippen LogP contribution in [-0.2, 0) is 4.74 Å². The molecule has 8 nitrogen and oxygen atoms in total. The van der Waals surface area contributed by atoms with Crippen molar-refractivity contribution < 1.29 is 19.4 Å². The minimum atomic E-state index is -1.03. The summed E-state index contributed by atoms with van der Waals surface area (Å²) in [4.78, 5) is 36.8. The highest BCUT2D eigenvalue weighted by Gasteiger charge is 2.07. The van der Waals surface area contributed by atoms with Crippen molar-refractivity contribution in [2.45, 2.75) is 10.3 Å². The maximum atomic E-state index is 11.0. The lowest BCUT2D eigenvalue weighted by Gasteiger charge is -1.98. The number of methoxy groups -OCH3 is 1. The largest absolute Gasteiger partial charge is 0.477 e.